The molecule has 1 aromatic heterocycles. The van der Waals surface area contributed by atoms with Gasteiger partial charge in [0.1, 0.15) is 36.9 Å². The molecule has 4 rings (SSSR count). The highest BCUT2D eigenvalue weighted by Crippen LogP contribution is 2.37. The average molecular weight is 451 g/mol. The number of methoxy groups -OCH3 is 1. The summed E-state index contributed by atoms with van der Waals surface area (Å²) in [5.41, 5.74) is 6.66. The zero-order valence-corrected chi connectivity index (χ0v) is 17.5. The van der Waals surface area contributed by atoms with Crippen molar-refractivity contribution in [2.24, 2.45) is 5.73 Å². The number of rotatable bonds is 7. The summed E-state index contributed by atoms with van der Waals surface area (Å²) in [6.45, 7) is 2.01. The number of benzene rings is 1. The number of nitrogens with two attached hydrogens (primary N) is 1. The third-order valence-electron chi connectivity index (χ3n) is 5.49. The third-order valence-corrected chi connectivity index (χ3v) is 5.49. The van der Waals surface area contributed by atoms with Crippen LogP contribution in [-0.2, 0) is 20.8 Å². The van der Waals surface area contributed by atoms with Crippen LogP contribution >= 0.6 is 0 Å². The second-order valence-corrected chi connectivity index (χ2v) is 7.49. The number of ether oxygens (including phenoxy) is 3. The number of hydrogen-bond donors (Lipinski definition) is 2. The minimum absolute atomic E-state index is 0.0885. The number of hydrogen-bond acceptors (Lipinski definition) is 7. The summed E-state index contributed by atoms with van der Waals surface area (Å²) < 4.78 is 44.3. The molecule has 3 N–H and O–H groups in total. The molecular formula is C20H23F2N5O5. The van der Waals surface area contributed by atoms with Gasteiger partial charge in [-0.05, 0) is 19.1 Å². The number of primary amides is 1. The van der Waals surface area contributed by atoms with E-state index in [2.05, 4.69) is 10.3 Å². The van der Waals surface area contributed by atoms with Crippen molar-refractivity contribution in [3.8, 4) is 17.1 Å². The molecule has 3 atom stereocenters. The van der Waals surface area contributed by atoms with Crippen molar-refractivity contribution in [2.75, 3.05) is 30.5 Å². The first kappa shape index (κ1) is 21.8. The lowest BCUT2D eigenvalue weighted by Crippen LogP contribution is -2.44. The number of cyclic esters (lactones) is 1. The van der Waals surface area contributed by atoms with Gasteiger partial charge in [-0.25, -0.2) is 23.5 Å². The van der Waals surface area contributed by atoms with E-state index in [1.54, 1.807) is 29.7 Å². The maximum absolute atomic E-state index is 13.3. The normalized spacial score (nSPS) is 19.5. The number of amides is 2. The Morgan fingerprint density at radius 3 is 2.84 bits per heavy atom. The number of alkyl halides is 2. The molecule has 1 unspecified atom stereocenters. The van der Waals surface area contributed by atoms with Gasteiger partial charge < -0.3 is 29.8 Å². The van der Waals surface area contributed by atoms with Crippen LogP contribution in [0, 0.1) is 0 Å². The molecule has 0 radical (unpaired) electrons. The van der Waals surface area contributed by atoms with E-state index in [0.29, 0.717) is 29.4 Å². The summed E-state index contributed by atoms with van der Waals surface area (Å²) in [7, 11) is 1.48. The van der Waals surface area contributed by atoms with Crippen LogP contribution in [0.1, 0.15) is 6.92 Å². The van der Waals surface area contributed by atoms with Gasteiger partial charge >= 0.3 is 6.09 Å². The summed E-state index contributed by atoms with van der Waals surface area (Å²) in [6.07, 6.45) is -2.55. The fourth-order valence-corrected chi connectivity index (χ4v) is 3.69. The standard InChI is InChI=1S/C20H23F2N5O5/c1-10(30-2)16(18(23)28)24-11-3-4-12-14(7-11)31-6-5-26-8-15(25-19(12)26)27-13(17(21)22)9-32-20(27)29/h3-4,7-8,10,13,16-17,24H,5-6,9H2,1-2H3,(H2,23,28)/t10-,13?,16+/m1/s1. The first-order valence-corrected chi connectivity index (χ1v) is 9.97. The fraction of sp³-hybridized carbons (Fsp3) is 0.450. The lowest BCUT2D eigenvalue weighted by atomic mass is 10.1. The van der Waals surface area contributed by atoms with Crippen LogP contribution in [-0.4, -0.2) is 66.5 Å². The van der Waals surface area contributed by atoms with E-state index in [0.717, 1.165) is 4.90 Å². The zero-order chi connectivity index (χ0) is 23.0. The summed E-state index contributed by atoms with van der Waals surface area (Å²) in [5, 5.41) is 3.04. The van der Waals surface area contributed by atoms with Crippen molar-refractivity contribution in [1.82, 2.24) is 9.55 Å². The maximum atomic E-state index is 13.3. The number of carbonyl (C=O) groups excluding carboxylic acids is 2. The summed E-state index contributed by atoms with van der Waals surface area (Å²) >= 11 is 0. The summed E-state index contributed by atoms with van der Waals surface area (Å²) in [4.78, 5) is 29.1. The molecule has 12 heteroatoms. The van der Waals surface area contributed by atoms with Crippen molar-refractivity contribution in [2.45, 2.75) is 38.1 Å². The van der Waals surface area contributed by atoms with Crippen molar-refractivity contribution >= 4 is 23.5 Å². The van der Waals surface area contributed by atoms with Gasteiger partial charge in [0.25, 0.3) is 6.43 Å². The van der Waals surface area contributed by atoms with E-state index in [4.69, 9.17) is 19.9 Å². The van der Waals surface area contributed by atoms with Crippen LogP contribution < -0.4 is 20.7 Å². The van der Waals surface area contributed by atoms with Gasteiger partial charge in [-0.1, -0.05) is 0 Å². The van der Waals surface area contributed by atoms with Crippen LogP contribution in [0.5, 0.6) is 5.75 Å². The second kappa shape index (κ2) is 8.61. The lowest BCUT2D eigenvalue weighted by molar-refractivity contribution is -0.121. The van der Waals surface area contributed by atoms with Crippen LogP contribution in [0.2, 0.25) is 0 Å². The number of nitrogens with one attached hydrogen (secondary N) is 1. The molecule has 2 amide bonds. The molecule has 0 saturated carbocycles. The average Bonchev–Trinajstić information content (AvgIpc) is 3.30. The SMILES string of the molecule is CO[C@H](C)[C@H](Nc1ccc2c(c1)OCCn1cc(N3C(=O)OCC3C(F)F)nc1-2)C(N)=O. The van der Waals surface area contributed by atoms with E-state index < -0.39 is 43.2 Å². The molecule has 0 bridgehead atoms. The van der Waals surface area contributed by atoms with Gasteiger partial charge in [-0.2, -0.15) is 0 Å². The predicted octanol–water partition coefficient (Wildman–Crippen LogP) is 1.83. The molecule has 1 fully saturated rings. The Balaban J connectivity index is 1.66. The van der Waals surface area contributed by atoms with Gasteiger partial charge in [-0.15, -0.1) is 0 Å². The molecule has 1 aromatic carbocycles. The maximum Gasteiger partial charge on any atom is 0.416 e. The number of aromatic nitrogens is 2. The number of nitrogens with zero attached hydrogens (tertiary/aromatic N) is 3. The summed E-state index contributed by atoms with van der Waals surface area (Å²) in [6, 6.07) is 3.00. The highest BCUT2D eigenvalue weighted by molar-refractivity contribution is 5.90. The molecule has 32 heavy (non-hydrogen) atoms. The fourth-order valence-electron chi connectivity index (χ4n) is 3.69. The highest BCUT2D eigenvalue weighted by Gasteiger charge is 2.42. The van der Waals surface area contributed by atoms with Gasteiger partial charge in [0.15, 0.2) is 5.82 Å². The second-order valence-electron chi connectivity index (χ2n) is 7.49. The molecule has 1 saturated heterocycles. The Labute approximate surface area is 182 Å². The van der Waals surface area contributed by atoms with Crippen LogP contribution in [0.4, 0.5) is 25.1 Å². The number of carbonyl (C=O) groups is 2. The molecule has 172 valence electrons. The Morgan fingerprint density at radius 1 is 1.38 bits per heavy atom. The number of imidazole rings is 1. The Hall–Kier alpha value is -3.41. The van der Waals surface area contributed by atoms with Crippen molar-refractivity contribution in [1.29, 1.82) is 0 Å². The van der Waals surface area contributed by atoms with Gasteiger partial charge in [-0.3, -0.25) is 4.79 Å². The summed E-state index contributed by atoms with van der Waals surface area (Å²) in [5.74, 6) is 0.462. The van der Waals surface area contributed by atoms with Gasteiger partial charge in [0.2, 0.25) is 5.91 Å². The Bertz CT molecular complexity index is 1030. The molecule has 3 heterocycles. The highest BCUT2D eigenvalue weighted by atomic mass is 19.3. The van der Waals surface area contributed by atoms with Crippen LogP contribution in [0.25, 0.3) is 11.4 Å². The van der Waals surface area contributed by atoms with E-state index in [1.807, 2.05) is 0 Å². The predicted molar refractivity (Wildman–Crippen MR) is 110 cm³/mol. The van der Waals surface area contributed by atoms with Crippen molar-refractivity contribution in [3.05, 3.63) is 24.4 Å². The van der Waals surface area contributed by atoms with E-state index in [-0.39, 0.29) is 12.4 Å². The Morgan fingerprint density at radius 2 is 2.16 bits per heavy atom. The van der Waals surface area contributed by atoms with Crippen LogP contribution in [0.3, 0.4) is 0 Å². The molecule has 2 aromatic rings. The molecular weight excluding hydrogens is 428 g/mol. The van der Waals surface area contributed by atoms with E-state index in [1.165, 1.54) is 13.3 Å². The first-order chi connectivity index (χ1) is 15.3. The quantitative estimate of drug-likeness (QED) is 0.659. The number of fused-ring (bicyclic) bond motifs is 3. The van der Waals surface area contributed by atoms with Crippen LogP contribution in [0.15, 0.2) is 24.4 Å². The number of halogens is 2. The van der Waals surface area contributed by atoms with E-state index >= 15 is 0 Å². The van der Waals surface area contributed by atoms with Gasteiger partial charge in [0.05, 0.1) is 18.2 Å². The largest absolute Gasteiger partial charge is 0.491 e. The topological polar surface area (TPSA) is 121 Å². The lowest BCUT2D eigenvalue weighted by Gasteiger charge is -2.22. The molecule has 0 aliphatic carbocycles. The minimum atomic E-state index is -2.76. The third kappa shape index (κ3) is 3.93. The molecule has 2 aliphatic heterocycles. The number of anilines is 2. The smallest absolute Gasteiger partial charge is 0.416 e. The monoisotopic (exact) mass is 451 g/mol. The minimum Gasteiger partial charge on any atom is -0.491 e. The molecule has 0 spiro atoms. The zero-order valence-electron chi connectivity index (χ0n) is 17.5. The van der Waals surface area contributed by atoms with Crippen molar-refractivity contribution in [3.63, 3.8) is 0 Å². The molecule has 10 nitrogen and oxygen atoms in total. The molecule has 2 aliphatic rings. The first-order valence-electron chi connectivity index (χ1n) is 9.97. The Kier molecular flexibility index (Phi) is 5.87. The van der Waals surface area contributed by atoms with Gasteiger partial charge in [0, 0.05) is 25.1 Å². The van der Waals surface area contributed by atoms with E-state index in [9.17, 15) is 18.4 Å². The van der Waals surface area contributed by atoms with Crippen molar-refractivity contribution < 1.29 is 32.6 Å².